The molecule has 1 saturated carbocycles. The number of nitrogens with zero attached hydrogens (tertiary/aromatic N) is 1. The zero-order valence-electron chi connectivity index (χ0n) is 5.46. The molecule has 1 fully saturated rings. The summed E-state index contributed by atoms with van der Waals surface area (Å²) >= 11 is 0. The van der Waals surface area contributed by atoms with Crippen molar-refractivity contribution in [2.24, 2.45) is 5.92 Å². The minimum absolute atomic E-state index is 0. The van der Waals surface area contributed by atoms with Gasteiger partial charge >= 0.3 is 0 Å². The Balaban J connectivity index is 0.000000640. The van der Waals surface area contributed by atoms with E-state index in [9.17, 15) is 0 Å². The van der Waals surface area contributed by atoms with E-state index in [2.05, 4.69) is 0 Å². The van der Waals surface area contributed by atoms with Crippen molar-refractivity contribution in [3.63, 3.8) is 0 Å². The van der Waals surface area contributed by atoms with Crippen molar-refractivity contribution in [3.05, 3.63) is 11.8 Å². The van der Waals surface area contributed by atoms with Crippen molar-refractivity contribution < 1.29 is 5.11 Å². The molecule has 1 aliphatic carbocycles. The molecule has 0 saturated heterocycles. The summed E-state index contributed by atoms with van der Waals surface area (Å²) in [4.78, 5) is 0. The number of hydrogen-bond donors (Lipinski definition) is 1. The maximum absolute atomic E-state index is 8.35. The Kier molecular flexibility index (Phi) is 3.46. The molecule has 0 aliphatic heterocycles. The number of hydrogen-bond acceptors (Lipinski definition) is 2. The molecule has 43 valence electrons. The van der Waals surface area contributed by atoms with E-state index < -0.39 is 0 Å². The van der Waals surface area contributed by atoms with Crippen LogP contribution in [0.1, 0.15) is 12.8 Å². The van der Waals surface area contributed by atoms with E-state index in [4.69, 9.17) is 10.4 Å². The van der Waals surface area contributed by atoms with Gasteiger partial charge in [0.2, 0.25) is 0 Å². The predicted octanol–water partition coefficient (Wildman–Crippen LogP) is 0.981. The first-order chi connectivity index (χ1) is 3.88. The van der Waals surface area contributed by atoms with Gasteiger partial charge in [0.1, 0.15) is 0 Å². The Labute approximate surface area is 66.4 Å². The summed E-state index contributed by atoms with van der Waals surface area (Å²) in [5.41, 5.74) is 0.532. The van der Waals surface area contributed by atoms with Gasteiger partial charge in [0, 0.05) is 18.9 Å². The fraction of sp³-hybridized carbons (Fsp3) is 0.500. The first kappa shape index (κ1) is 8.63. The van der Waals surface area contributed by atoms with Crippen molar-refractivity contribution in [2.75, 3.05) is 0 Å². The van der Waals surface area contributed by atoms with Gasteiger partial charge in [-0.25, -0.2) is 0 Å². The first-order valence-corrected chi connectivity index (χ1v) is 2.63. The third-order valence-corrected chi connectivity index (χ3v) is 1.29. The third kappa shape index (κ3) is 2.14. The van der Waals surface area contributed by atoms with Crippen LogP contribution >= 0.6 is 0 Å². The average Bonchev–Trinajstić information content (AvgIpc) is 2.53. The Morgan fingerprint density at radius 1 is 1.67 bits per heavy atom. The van der Waals surface area contributed by atoms with Crippen molar-refractivity contribution >= 4 is 18.9 Å². The van der Waals surface area contributed by atoms with Crippen molar-refractivity contribution in [2.45, 2.75) is 12.8 Å². The topological polar surface area (TPSA) is 44.0 Å². The van der Waals surface area contributed by atoms with Crippen LogP contribution in [0.3, 0.4) is 0 Å². The van der Waals surface area contributed by atoms with Gasteiger partial charge in [0.25, 0.3) is 0 Å². The SMILES string of the molecule is N#CC(=CO)C1CC1.[Li]. The molecule has 1 N–H and O–H groups in total. The molecule has 2 nitrogen and oxygen atoms in total. The molecule has 0 aromatic rings. The van der Waals surface area contributed by atoms with Crippen LogP contribution in [0.5, 0.6) is 0 Å². The molecule has 9 heavy (non-hydrogen) atoms. The maximum atomic E-state index is 8.35. The Morgan fingerprint density at radius 3 is 2.33 bits per heavy atom. The normalized spacial score (nSPS) is 17.9. The van der Waals surface area contributed by atoms with Gasteiger partial charge in [-0.1, -0.05) is 0 Å². The molecule has 0 spiro atoms. The minimum atomic E-state index is 0. The van der Waals surface area contributed by atoms with Crippen LogP contribution in [0, 0.1) is 17.2 Å². The summed E-state index contributed by atoms with van der Waals surface area (Å²) < 4.78 is 0. The van der Waals surface area contributed by atoms with E-state index in [-0.39, 0.29) is 18.9 Å². The quantitative estimate of drug-likeness (QED) is 0.315. The largest absolute Gasteiger partial charge is 0.515 e. The molecule has 0 aromatic carbocycles. The maximum Gasteiger partial charge on any atom is 0.0982 e. The van der Waals surface area contributed by atoms with Crippen LogP contribution in [0.4, 0.5) is 0 Å². The number of allylic oxidation sites excluding steroid dienone is 1. The summed E-state index contributed by atoms with van der Waals surface area (Å²) in [7, 11) is 0. The Morgan fingerprint density at radius 2 is 2.22 bits per heavy atom. The van der Waals surface area contributed by atoms with Crippen molar-refractivity contribution in [1.82, 2.24) is 0 Å². The fourth-order valence-corrected chi connectivity index (χ4v) is 0.620. The van der Waals surface area contributed by atoms with Gasteiger partial charge in [-0.05, 0) is 18.8 Å². The summed E-state index contributed by atoms with van der Waals surface area (Å²) in [6, 6.07) is 1.92. The van der Waals surface area contributed by atoms with Crippen LogP contribution in [0.15, 0.2) is 11.8 Å². The summed E-state index contributed by atoms with van der Waals surface area (Å²) in [5.74, 6) is 0.380. The van der Waals surface area contributed by atoms with Gasteiger partial charge in [0.05, 0.1) is 17.9 Å². The minimum Gasteiger partial charge on any atom is -0.515 e. The van der Waals surface area contributed by atoms with Crippen LogP contribution in [-0.4, -0.2) is 24.0 Å². The van der Waals surface area contributed by atoms with Crippen LogP contribution in [-0.2, 0) is 0 Å². The number of rotatable bonds is 1. The van der Waals surface area contributed by atoms with E-state index in [0.717, 1.165) is 19.1 Å². The third-order valence-electron chi connectivity index (χ3n) is 1.29. The second-order valence-corrected chi connectivity index (χ2v) is 1.97. The van der Waals surface area contributed by atoms with Gasteiger partial charge in [0.15, 0.2) is 0 Å². The predicted molar refractivity (Wildman–Crippen MR) is 34.8 cm³/mol. The zero-order chi connectivity index (χ0) is 5.98. The van der Waals surface area contributed by atoms with Gasteiger partial charge in [-0.15, -0.1) is 0 Å². The van der Waals surface area contributed by atoms with E-state index in [1.54, 1.807) is 0 Å². The fourth-order valence-electron chi connectivity index (χ4n) is 0.620. The second-order valence-electron chi connectivity index (χ2n) is 1.97. The summed E-state index contributed by atoms with van der Waals surface area (Å²) in [6.45, 7) is 0. The standard InChI is InChI=1S/C6H7NO.Li/c7-3-6(4-8)5-1-2-5;/h4-5,8H,1-2H2;. The second kappa shape index (κ2) is 3.61. The van der Waals surface area contributed by atoms with E-state index in [1.807, 2.05) is 6.07 Å². The molecule has 0 bridgehead atoms. The van der Waals surface area contributed by atoms with Crippen LogP contribution in [0.2, 0.25) is 0 Å². The van der Waals surface area contributed by atoms with E-state index in [0.29, 0.717) is 11.5 Å². The first-order valence-electron chi connectivity index (χ1n) is 2.63. The molecule has 0 unspecified atom stereocenters. The molecular formula is C6H7LiNO. The monoisotopic (exact) mass is 116 g/mol. The Bertz CT molecular complexity index is 155. The molecule has 1 radical (unpaired) electrons. The number of aliphatic hydroxyl groups is 1. The number of aliphatic hydroxyl groups excluding tert-OH is 1. The van der Waals surface area contributed by atoms with Crippen molar-refractivity contribution in [3.8, 4) is 6.07 Å². The van der Waals surface area contributed by atoms with Crippen LogP contribution in [0.25, 0.3) is 0 Å². The molecule has 0 amide bonds. The molecule has 0 heterocycles. The summed E-state index contributed by atoms with van der Waals surface area (Å²) in [5, 5.41) is 16.6. The van der Waals surface area contributed by atoms with Crippen molar-refractivity contribution in [1.29, 1.82) is 5.26 Å². The molecule has 3 heteroatoms. The van der Waals surface area contributed by atoms with E-state index in [1.165, 1.54) is 0 Å². The average molecular weight is 116 g/mol. The van der Waals surface area contributed by atoms with Gasteiger partial charge < -0.3 is 5.11 Å². The number of nitriles is 1. The summed E-state index contributed by atoms with van der Waals surface area (Å²) in [6.07, 6.45) is 3.05. The molecule has 1 aliphatic rings. The Hall–Kier alpha value is -0.373. The zero-order valence-corrected chi connectivity index (χ0v) is 5.46. The van der Waals surface area contributed by atoms with Crippen LogP contribution < -0.4 is 0 Å². The molecule has 0 aromatic heterocycles. The molecular weight excluding hydrogens is 109 g/mol. The van der Waals surface area contributed by atoms with E-state index >= 15 is 0 Å². The molecule has 0 atom stereocenters. The van der Waals surface area contributed by atoms with Gasteiger partial charge in [-0.3, -0.25) is 0 Å². The van der Waals surface area contributed by atoms with Gasteiger partial charge in [-0.2, -0.15) is 5.26 Å². The molecule has 1 rings (SSSR count). The smallest absolute Gasteiger partial charge is 0.0982 e.